The van der Waals surface area contributed by atoms with Gasteiger partial charge in [-0.3, -0.25) is 0 Å². The molecule has 2 saturated heterocycles. The standard InChI is InChI=1S/C12H18O5/c1-11(2)16-9-3-4-12(14-5-6-15-12)8(7-13)10(9)17-11/h7-10H,3-6H2,1-2H3/t8-,9+,10-/m0/s1. The van der Waals surface area contributed by atoms with Crippen LogP contribution in [0.5, 0.6) is 0 Å². The zero-order valence-electron chi connectivity index (χ0n) is 10.2. The number of carbonyl (C=O) groups is 1. The molecule has 0 N–H and O–H groups in total. The van der Waals surface area contributed by atoms with Gasteiger partial charge in [0.05, 0.1) is 25.2 Å². The largest absolute Gasteiger partial charge is 0.347 e. The van der Waals surface area contributed by atoms with Gasteiger partial charge in [0.15, 0.2) is 11.6 Å². The van der Waals surface area contributed by atoms with Gasteiger partial charge in [0.1, 0.15) is 12.4 Å². The third-order valence-electron chi connectivity index (χ3n) is 3.78. The van der Waals surface area contributed by atoms with E-state index in [1.165, 1.54) is 0 Å². The van der Waals surface area contributed by atoms with E-state index in [0.717, 1.165) is 12.7 Å². The molecule has 3 atom stereocenters. The normalized spacial score (nSPS) is 42.6. The predicted molar refractivity (Wildman–Crippen MR) is 57.2 cm³/mol. The fourth-order valence-corrected chi connectivity index (χ4v) is 3.14. The first kappa shape index (κ1) is 11.6. The van der Waals surface area contributed by atoms with Gasteiger partial charge in [0, 0.05) is 6.42 Å². The molecule has 0 bridgehead atoms. The lowest BCUT2D eigenvalue weighted by Gasteiger charge is -2.41. The Labute approximate surface area is 100 Å². The van der Waals surface area contributed by atoms with Gasteiger partial charge in [0.2, 0.25) is 0 Å². The monoisotopic (exact) mass is 242 g/mol. The zero-order valence-corrected chi connectivity index (χ0v) is 10.2. The van der Waals surface area contributed by atoms with E-state index < -0.39 is 17.5 Å². The van der Waals surface area contributed by atoms with Crippen molar-refractivity contribution in [2.24, 2.45) is 5.92 Å². The summed E-state index contributed by atoms with van der Waals surface area (Å²) in [4.78, 5) is 11.4. The molecule has 0 amide bonds. The van der Waals surface area contributed by atoms with Gasteiger partial charge in [-0.1, -0.05) is 0 Å². The number of ether oxygens (including phenoxy) is 4. The number of hydrogen-bond donors (Lipinski definition) is 0. The number of fused-ring (bicyclic) bond motifs is 1. The summed E-state index contributed by atoms with van der Waals surface area (Å²) in [5.74, 6) is -1.79. The third kappa shape index (κ3) is 1.73. The molecule has 0 aromatic heterocycles. The summed E-state index contributed by atoms with van der Waals surface area (Å²) in [6.45, 7) is 4.84. The van der Waals surface area contributed by atoms with Gasteiger partial charge < -0.3 is 23.7 Å². The molecule has 0 aromatic carbocycles. The fourth-order valence-electron chi connectivity index (χ4n) is 3.14. The van der Waals surface area contributed by atoms with Crippen LogP contribution in [0, 0.1) is 5.92 Å². The number of hydrogen-bond acceptors (Lipinski definition) is 5. The lowest BCUT2D eigenvalue weighted by molar-refractivity contribution is -0.233. The molecule has 1 spiro atoms. The highest BCUT2D eigenvalue weighted by molar-refractivity contribution is 5.57. The smallest absolute Gasteiger partial charge is 0.180 e. The zero-order chi connectivity index (χ0) is 12.1. The van der Waals surface area contributed by atoms with Crippen LogP contribution in [-0.2, 0) is 23.7 Å². The highest BCUT2D eigenvalue weighted by Gasteiger charge is 2.58. The number of aldehydes is 1. The molecule has 17 heavy (non-hydrogen) atoms. The summed E-state index contributed by atoms with van der Waals surface area (Å²) in [5.41, 5.74) is 0. The SMILES string of the molecule is CC1(C)O[C@@H]2[C@@H](CCC3(OCCO3)[C@H]2C=O)O1. The molecule has 2 aliphatic heterocycles. The Morgan fingerprint density at radius 2 is 1.88 bits per heavy atom. The summed E-state index contributed by atoms with van der Waals surface area (Å²) in [6.07, 6.45) is 2.11. The van der Waals surface area contributed by atoms with Crippen LogP contribution in [0.15, 0.2) is 0 Å². The second-order valence-electron chi connectivity index (χ2n) is 5.35. The van der Waals surface area contributed by atoms with Crippen LogP contribution in [0.2, 0.25) is 0 Å². The molecule has 2 heterocycles. The summed E-state index contributed by atoms with van der Waals surface area (Å²) in [6, 6.07) is 0. The minimum atomic E-state index is -0.771. The highest BCUT2D eigenvalue weighted by atomic mass is 16.8. The van der Waals surface area contributed by atoms with Crippen molar-refractivity contribution >= 4 is 6.29 Å². The molecule has 5 nitrogen and oxygen atoms in total. The lowest BCUT2D eigenvalue weighted by Crippen LogP contribution is -2.53. The van der Waals surface area contributed by atoms with Crippen molar-refractivity contribution in [3.05, 3.63) is 0 Å². The van der Waals surface area contributed by atoms with Crippen molar-refractivity contribution in [1.29, 1.82) is 0 Å². The fraction of sp³-hybridized carbons (Fsp3) is 0.917. The summed E-state index contributed by atoms with van der Waals surface area (Å²) >= 11 is 0. The molecular weight excluding hydrogens is 224 g/mol. The van der Waals surface area contributed by atoms with Gasteiger partial charge >= 0.3 is 0 Å². The van der Waals surface area contributed by atoms with E-state index >= 15 is 0 Å². The average Bonchev–Trinajstić information content (AvgIpc) is 2.83. The van der Waals surface area contributed by atoms with Gasteiger partial charge in [0.25, 0.3) is 0 Å². The second kappa shape index (κ2) is 3.75. The number of carbonyl (C=O) groups excluding carboxylic acids is 1. The predicted octanol–water partition coefficient (Wildman–Crippen LogP) is 0.858. The Balaban J connectivity index is 1.87. The van der Waals surface area contributed by atoms with E-state index in [1.54, 1.807) is 0 Å². The van der Waals surface area contributed by atoms with E-state index in [9.17, 15) is 4.79 Å². The van der Waals surface area contributed by atoms with Crippen molar-refractivity contribution in [1.82, 2.24) is 0 Å². The van der Waals surface area contributed by atoms with E-state index in [4.69, 9.17) is 18.9 Å². The van der Waals surface area contributed by atoms with Gasteiger partial charge in [-0.15, -0.1) is 0 Å². The van der Waals surface area contributed by atoms with Crippen molar-refractivity contribution < 1.29 is 23.7 Å². The Morgan fingerprint density at radius 3 is 2.53 bits per heavy atom. The van der Waals surface area contributed by atoms with E-state index in [0.29, 0.717) is 19.6 Å². The molecule has 3 rings (SSSR count). The molecule has 0 aromatic rings. The van der Waals surface area contributed by atoms with E-state index in [-0.39, 0.29) is 12.2 Å². The molecule has 0 radical (unpaired) electrons. The molecule has 5 heteroatoms. The highest BCUT2D eigenvalue weighted by Crippen LogP contribution is 2.46. The molecule has 3 aliphatic rings. The minimum absolute atomic E-state index is 0.0291. The summed E-state index contributed by atoms with van der Waals surface area (Å²) in [5, 5.41) is 0. The van der Waals surface area contributed by atoms with Gasteiger partial charge in [-0.05, 0) is 20.3 Å². The first-order chi connectivity index (χ1) is 8.06. The van der Waals surface area contributed by atoms with Crippen LogP contribution in [0.25, 0.3) is 0 Å². The van der Waals surface area contributed by atoms with Crippen molar-refractivity contribution in [2.45, 2.75) is 50.5 Å². The van der Waals surface area contributed by atoms with Gasteiger partial charge in [-0.2, -0.15) is 0 Å². The Kier molecular flexibility index (Phi) is 2.56. The third-order valence-corrected chi connectivity index (χ3v) is 3.78. The first-order valence-corrected chi connectivity index (χ1v) is 6.15. The maximum absolute atomic E-state index is 11.4. The number of rotatable bonds is 1. The van der Waals surface area contributed by atoms with Crippen LogP contribution in [0.1, 0.15) is 26.7 Å². The minimum Gasteiger partial charge on any atom is -0.347 e. The summed E-state index contributed by atoms with van der Waals surface area (Å²) in [7, 11) is 0. The lowest BCUT2D eigenvalue weighted by atomic mass is 9.80. The summed E-state index contributed by atoms with van der Waals surface area (Å²) < 4.78 is 23.0. The van der Waals surface area contributed by atoms with Crippen molar-refractivity contribution in [3.63, 3.8) is 0 Å². The molecule has 0 unspecified atom stereocenters. The maximum Gasteiger partial charge on any atom is 0.180 e. The topological polar surface area (TPSA) is 54.0 Å². The maximum atomic E-state index is 11.4. The quantitative estimate of drug-likeness (QED) is 0.638. The molecular formula is C12H18O5. The molecule has 96 valence electrons. The van der Waals surface area contributed by atoms with Crippen LogP contribution >= 0.6 is 0 Å². The van der Waals surface area contributed by atoms with Crippen LogP contribution in [0.4, 0.5) is 0 Å². The first-order valence-electron chi connectivity index (χ1n) is 6.15. The van der Waals surface area contributed by atoms with E-state index in [2.05, 4.69) is 0 Å². The average molecular weight is 242 g/mol. The second-order valence-corrected chi connectivity index (χ2v) is 5.35. The van der Waals surface area contributed by atoms with Crippen molar-refractivity contribution in [3.8, 4) is 0 Å². The molecule has 3 fully saturated rings. The Bertz CT molecular complexity index is 321. The Morgan fingerprint density at radius 1 is 1.18 bits per heavy atom. The van der Waals surface area contributed by atoms with Crippen LogP contribution in [-0.4, -0.2) is 43.3 Å². The Hall–Kier alpha value is -0.490. The molecule has 1 aliphatic carbocycles. The van der Waals surface area contributed by atoms with E-state index in [1.807, 2.05) is 13.8 Å². The van der Waals surface area contributed by atoms with Crippen LogP contribution in [0.3, 0.4) is 0 Å². The van der Waals surface area contributed by atoms with Crippen molar-refractivity contribution in [2.75, 3.05) is 13.2 Å². The van der Waals surface area contributed by atoms with Gasteiger partial charge in [-0.25, -0.2) is 0 Å². The molecule has 1 saturated carbocycles. The van der Waals surface area contributed by atoms with Crippen LogP contribution < -0.4 is 0 Å².